The van der Waals surface area contributed by atoms with Crippen LogP contribution in [0.1, 0.15) is 12.0 Å². The summed E-state index contributed by atoms with van der Waals surface area (Å²) >= 11 is 0. The van der Waals surface area contributed by atoms with Gasteiger partial charge in [0.1, 0.15) is 23.8 Å². The van der Waals surface area contributed by atoms with Crippen LogP contribution in [0.3, 0.4) is 0 Å². The third-order valence-corrected chi connectivity index (χ3v) is 5.44. The molecule has 2 aromatic rings. The highest BCUT2D eigenvalue weighted by Gasteiger charge is 2.27. The molecule has 8 heteroatoms. The minimum atomic E-state index is -2.94. The highest BCUT2D eigenvalue weighted by atomic mass is 32.2. The van der Waals surface area contributed by atoms with E-state index in [4.69, 9.17) is 0 Å². The van der Waals surface area contributed by atoms with Crippen molar-refractivity contribution in [2.75, 3.05) is 22.1 Å². The highest BCUT2D eigenvalue weighted by molar-refractivity contribution is 7.91. The van der Waals surface area contributed by atoms with Crippen LogP contribution in [0.15, 0.2) is 36.7 Å². The van der Waals surface area contributed by atoms with Crippen molar-refractivity contribution in [2.24, 2.45) is 0 Å². The fraction of sp³-hybridized carbons (Fsp3) is 0.333. The summed E-state index contributed by atoms with van der Waals surface area (Å²) in [6.45, 7) is 0.306. The lowest BCUT2D eigenvalue weighted by molar-refractivity contribution is 0.602. The van der Waals surface area contributed by atoms with Crippen molar-refractivity contribution in [3.05, 3.63) is 48.0 Å². The van der Waals surface area contributed by atoms with Crippen molar-refractivity contribution in [2.45, 2.75) is 19.0 Å². The number of sulfone groups is 1. The second kappa shape index (κ2) is 6.49. The lowest BCUT2D eigenvalue weighted by Gasteiger charge is -2.12. The van der Waals surface area contributed by atoms with E-state index in [0.717, 1.165) is 0 Å². The molecule has 1 saturated heterocycles. The number of nitrogens with zero attached hydrogens (tertiary/aromatic N) is 2. The Kier molecular flexibility index (Phi) is 4.42. The van der Waals surface area contributed by atoms with Crippen LogP contribution in [0.2, 0.25) is 0 Å². The maximum atomic E-state index is 13.6. The van der Waals surface area contributed by atoms with Crippen LogP contribution in [0.5, 0.6) is 0 Å². The zero-order valence-corrected chi connectivity index (χ0v) is 13.2. The molecule has 23 heavy (non-hydrogen) atoms. The van der Waals surface area contributed by atoms with Crippen molar-refractivity contribution < 1.29 is 12.8 Å². The number of nitrogens with one attached hydrogen (secondary N) is 2. The van der Waals surface area contributed by atoms with Gasteiger partial charge >= 0.3 is 0 Å². The van der Waals surface area contributed by atoms with Gasteiger partial charge in [-0.1, -0.05) is 18.2 Å². The molecule has 1 fully saturated rings. The van der Waals surface area contributed by atoms with E-state index in [-0.39, 0.29) is 23.4 Å². The average molecular weight is 336 g/mol. The van der Waals surface area contributed by atoms with Gasteiger partial charge in [-0.3, -0.25) is 0 Å². The number of rotatable bonds is 5. The normalized spacial score (nSPS) is 19.4. The topological polar surface area (TPSA) is 84.0 Å². The second-order valence-electron chi connectivity index (χ2n) is 5.48. The quantitative estimate of drug-likeness (QED) is 0.867. The molecule has 0 amide bonds. The number of hydrogen-bond donors (Lipinski definition) is 2. The molecule has 1 aromatic carbocycles. The molecule has 1 unspecified atom stereocenters. The Bertz CT molecular complexity index is 798. The van der Waals surface area contributed by atoms with Crippen LogP contribution in [-0.4, -0.2) is 35.9 Å². The Labute approximate surface area is 134 Å². The first-order chi connectivity index (χ1) is 11.0. The van der Waals surface area contributed by atoms with Crippen LogP contribution in [0.25, 0.3) is 0 Å². The van der Waals surface area contributed by atoms with E-state index in [9.17, 15) is 12.8 Å². The molecule has 1 atom stereocenters. The Hall–Kier alpha value is -2.22. The Balaban J connectivity index is 1.62. The molecule has 1 aliphatic heterocycles. The van der Waals surface area contributed by atoms with Gasteiger partial charge in [0.2, 0.25) is 0 Å². The first-order valence-corrected chi connectivity index (χ1v) is 9.10. The van der Waals surface area contributed by atoms with Gasteiger partial charge in [0, 0.05) is 24.2 Å². The summed E-state index contributed by atoms with van der Waals surface area (Å²) in [7, 11) is -2.94. The summed E-state index contributed by atoms with van der Waals surface area (Å²) in [6.07, 6.45) is 1.96. The molecule has 1 aliphatic rings. The molecule has 0 aliphatic carbocycles. The number of hydrogen-bond acceptors (Lipinski definition) is 6. The van der Waals surface area contributed by atoms with Gasteiger partial charge in [-0.05, 0) is 12.5 Å². The smallest absolute Gasteiger partial charge is 0.152 e. The van der Waals surface area contributed by atoms with Crippen molar-refractivity contribution in [3.63, 3.8) is 0 Å². The Morgan fingerprint density at radius 2 is 2.00 bits per heavy atom. The molecule has 1 aromatic heterocycles. The third kappa shape index (κ3) is 4.16. The number of benzene rings is 1. The van der Waals surface area contributed by atoms with E-state index in [1.807, 2.05) is 0 Å². The average Bonchev–Trinajstić information content (AvgIpc) is 2.86. The molecular formula is C15H17FN4O2S. The third-order valence-electron chi connectivity index (χ3n) is 3.67. The van der Waals surface area contributed by atoms with Crippen LogP contribution in [-0.2, 0) is 16.4 Å². The summed E-state index contributed by atoms with van der Waals surface area (Å²) in [5.41, 5.74) is 0.544. The van der Waals surface area contributed by atoms with E-state index in [0.29, 0.717) is 30.2 Å². The second-order valence-corrected chi connectivity index (χ2v) is 7.71. The number of aromatic nitrogens is 2. The van der Waals surface area contributed by atoms with Crippen LogP contribution in [0.4, 0.5) is 16.0 Å². The fourth-order valence-corrected chi connectivity index (χ4v) is 4.15. The van der Waals surface area contributed by atoms with Crippen LogP contribution < -0.4 is 10.6 Å². The van der Waals surface area contributed by atoms with Gasteiger partial charge in [-0.2, -0.15) is 0 Å². The molecule has 0 bridgehead atoms. The zero-order valence-electron chi connectivity index (χ0n) is 12.4. The van der Waals surface area contributed by atoms with Crippen LogP contribution >= 0.6 is 0 Å². The number of anilines is 2. The SMILES string of the molecule is O=S1(=O)CCC(Nc2cc(NCc3ccccc3F)ncn2)C1. The summed E-state index contributed by atoms with van der Waals surface area (Å²) in [4.78, 5) is 8.18. The monoisotopic (exact) mass is 336 g/mol. The van der Waals surface area contributed by atoms with E-state index in [1.165, 1.54) is 12.4 Å². The van der Waals surface area contributed by atoms with Gasteiger partial charge in [0.25, 0.3) is 0 Å². The van der Waals surface area contributed by atoms with Gasteiger partial charge in [0.15, 0.2) is 9.84 Å². The van der Waals surface area contributed by atoms with Gasteiger partial charge in [-0.25, -0.2) is 22.8 Å². The maximum absolute atomic E-state index is 13.6. The molecule has 6 nitrogen and oxygen atoms in total. The van der Waals surface area contributed by atoms with E-state index in [2.05, 4.69) is 20.6 Å². The summed E-state index contributed by atoms with van der Waals surface area (Å²) in [6, 6.07) is 8.08. The molecule has 0 spiro atoms. The van der Waals surface area contributed by atoms with Crippen molar-refractivity contribution in [1.82, 2.24) is 9.97 Å². The first kappa shape index (κ1) is 15.7. The van der Waals surface area contributed by atoms with Crippen LogP contribution in [0, 0.1) is 5.82 Å². The first-order valence-electron chi connectivity index (χ1n) is 7.28. The molecule has 122 valence electrons. The van der Waals surface area contributed by atoms with E-state index < -0.39 is 9.84 Å². The lowest BCUT2D eigenvalue weighted by Crippen LogP contribution is -2.21. The molecule has 3 rings (SSSR count). The zero-order chi connectivity index (χ0) is 16.3. The summed E-state index contributed by atoms with van der Waals surface area (Å²) in [5, 5.41) is 6.14. The minimum Gasteiger partial charge on any atom is -0.366 e. The maximum Gasteiger partial charge on any atom is 0.152 e. The molecule has 0 radical (unpaired) electrons. The van der Waals surface area contributed by atoms with Gasteiger partial charge in [-0.15, -0.1) is 0 Å². The van der Waals surface area contributed by atoms with Gasteiger partial charge < -0.3 is 10.6 Å². The fourth-order valence-electron chi connectivity index (χ4n) is 2.48. The molecule has 2 N–H and O–H groups in total. The lowest BCUT2D eigenvalue weighted by atomic mass is 10.2. The summed E-state index contributed by atoms with van der Waals surface area (Å²) < 4.78 is 36.5. The summed E-state index contributed by atoms with van der Waals surface area (Å²) in [5.74, 6) is 1.15. The number of halogens is 1. The standard InChI is InChI=1S/C15H17FN4O2S/c16-13-4-2-1-3-11(13)8-17-14-7-15(19-10-18-14)20-12-5-6-23(21,22)9-12/h1-4,7,10,12H,5-6,8-9H2,(H2,17,18,19,20). The minimum absolute atomic E-state index is 0.120. The highest BCUT2D eigenvalue weighted by Crippen LogP contribution is 2.18. The van der Waals surface area contributed by atoms with Crippen molar-refractivity contribution >= 4 is 21.5 Å². The molecule has 2 heterocycles. The van der Waals surface area contributed by atoms with Crippen molar-refractivity contribution in [3.8, 4) is 0 Å². The Morgan fingerprint density at radius 3 is 2.74 bits per heavy atom. The van der Waals surface area contributed by atoms with Gasteiger partial charge in [0.05, 0.1) is 11.5 Å². The Morgan fingerprint density at radius 1 is 1.22 bits per heavy atom. The van der Waals surface area contributed by atoms with E-state index >= 15 is 0 Å². The molecule has 0 saturated carbocycles. The molecular weight excluding hydrogens is 319 g/mol. The predicted molar refractivity (Wildman–Crippen MR) is 86.4 cm³/mol. The van der Waals surface area contributed by atoms with Crippen molar-refractivity contribution in [1.29, 1.82) is 0 Å². The predicted octanol–water partition coefficient (Wildman–Crippen LogP) is 1.83. The largest absolute Gasteiger partial charge is 0.366 e. The van der Waals surface area contributed by atoms with E-state index in [1.54, 1.807) is 24.3 Å².